The molecular formula is C19H24F5N4O2+. The van der Waals surface area contributed by atoms with Crippen molar-refractivity contribution in [2.75, 3.05) is 6.61 Å². The number of hydrogen-bond donors (Lipinski definition) is 2. The van der Waals surface area contributed by atoms with Gasteiger partial charge in [0.2, 0.25) is 5.88 Å². The third-order valence-electron chi connectivity index (χ3n) is 3.01. The first-order valence-corrected chi connectivity index (χ1v) is 8.75. The quantitative estimate of drug-likeness (QED) is 0.683. The van der Waals surface area contributed by atoms with E-state index in [1.807, 2.05) is 0 Å². The van der Waals surface area contributed by atoms with E-state index in [-0.39, 0.29) is 23.9 Å². The standard InChI is InChI=1S/C15H12F5N3O2.C4H11N/c16-14(17,15(18,19)20)9-25-12-2-1-10(7-22-12)8-23-13(24)11-3-5-21-6-4-11;1-4(2,3)5/h1-7H,8-9H2,(H,23,24);5H2,1-3H3/p+1. The first-order chi connectivity index (χ1) is 13.7. The van der Waals surface area contributed by atoms with Gasteiger partial charge in [0.25, 0.3) is 5.91 Å². The molecule has 30 heavy (non-hydrogen) atoms. The van der Waals surface area contributed by atoms with Gasteiger partial charge in [0.1, 0.15) is 0 Å². The predicted molar refractivity (Wildman–Crippen MR) is 98.8 cm³/mol. The molecule has 0 aliphatic heterocycles. The van der Waals surface area contributed by atoms with Crippen molar-refractivity contribution in [1.82, 2.24) is 15.3 Å². The molecule has 2 aromatic rings. The number of hydrogen-bond acceptors (Lipinski definition) is 4. The fraction of sp³-hybridized carbons (Fsp3) is 0.421. The molecule has 2 rings (SSSR count). The molecule has 0 unspecified atom stereocenters. The summed E-state index contributed by atoms with van der Waals surface area (Å²) in [4.78, 5) is 19.2. The molecule has 4 N–H and O–H groups in total. The van der Waals surface area contributed by atoms with Crippen LogP contribution in [0.3, 0.4) is 0 Å². The second-order valence-corrected chi connectivity index (χ2v) is 7.47. The highest BCUT2D eigenvalue weighted by molar-refractivity contribution is 5.93. The van der Waals surface area contributed by atoms with Crippen molar-refractivity contribution in [1.29, 1.82) is 0 Å². The number of rotatable bonds is 6. The average molecular weight is 435 g/mol. The maximum atomic E-state index is 12.7. The number of ether oxygens (including phenoxy) is 1. The molecule has 0 aliphatic carbocycles. The fourth-order valence-corrected chi connectivity index (χ4v) is 1.63. The molecule has 0 aliphatic rings. The monoisotopic (exact) mass is 435 g/mol. The zero-order valence-electron chi connectivity index (χ0n) is 16.8. The number of nitrogens with zero attached hydrogens (tertiary/aromatic N) is 2. The Labute approximate surface area is 170 Å². The van der Waals surface area contributed by atoms with Gasteiger partial charge in [-0.15, -0.1) is 0 Å². The topological polar surface area (TPSA) is 91.8 Å². The predicted octanol–water partition coefficient (Wildman–Crippen LogP) is 3.01. The number of carbonyl (C=O) groups excluding carboxylic acids is 1. The van der Waals surface area contributed by atoms with E-state index in [4.69, 9.17) is 0 Å². The molecule has 0 atom stereocenters. The summed E-state index contributed by atoms with van der Waals surface area (Å²) in [5, 5.41) is 2.59. The van der Waals surface area contributed by atoms with Crippen LogP contribution >= 0.6 is 0 Å². The highest BCUT2D eigenvalue weighted by Gasteiger charge is 2.58. The Morgan fingerprint density at radius 2 is 1.63 bits per heavy atom. The van der Waals surface area contributed by atoms with E-state index in [1.165, 1.54) is 36.8 Å². The van der Waals surface area contributed by atoms with Crippen LogP contribution in [0.15, 0.2) is 42.9 Å². The second-order valence-electron chi connectivity index (χ2n) is 7.47. The molecule has 2 aromatic heterocycles. The zero-order chi connectivity index (χ0) is 23.0. The van der Waals surface area contributed by atoms with Crippen molar-refractivity contribution >= 4 is 5.91 Å². The fourth-order valence-electron chi connectivity index (χ4n) is 1.63. The van der Waals surface area contributed by atoms with Crippen LogP contribution in [0.2, 0.25) is 0 Å². The Balaban J connectivity index is 0.000000804. The molecule has 0 saturated carbocycles. The summed E-state index contributed by atoms with van der Waals surface area (Å²) in [5.41, 5.74) is 4.93. The first kappa shape index (κ1) is 25.2. The van der Waals surface area contributed by atoms with Crippen LogP contribution in [-0.2, 0) is 6.54 Å². The van der Waals surface area contributed by atoms with Crippen molar-refractivity contribution < 1.29 is 37.2 Å². The van der Waals surface area contributed by atoms with Crippen LogP contribution in [0.1, 0.15) is 36.7 Å². The van der Waals surface area contributed by atoms with Crippen molar-refractivity contribution in [2.45, 2.75) is 45.0 Å². The van der Waals surface area contributed by atoms with Gasteiger partial charge >= 0.3 is 12.1 Å². The van der Waals surface area contributed by atoms with Crippen molar-refractivity contribution in [3.8, 4) is 5.88 Å². The molecular weight excluding hydrogens is 411 g/mol. The zero-order valence-corrected chi connectivity index (χ0v) is 16.8. The molecule has 0 fully saturated rings. The van der Waals surface area contributed by atoms with Gasteiger partial charge in [0.15, 0.2) is 6.61 Å². The molecule has 0 bridgehead atoms. The lowest BCUT2D eigenvalue weighted by atomic mass is 10.1. The van der Waals surface area contributed by atoms with Gasteiger partial charge in [-0.05, 0) is 38.5 Å². The maximum Gasteiger partial charge on any atom is 0.456 e. The largest absolute Gasteiger partial charge is 0.471 e. The van der Waals surface area contributed by atoms with Gasteiger partial charge in [0, 0.05) is 36.8 Å². The minimum absolute atomic E-state index is 0.0904. The van der Waals surface area contributed by atoms with E-state index in [0.29, 0.717) is 11.1 Å². The molecule has 11 heteroatoms. The number of pyridine rings is 2. The highest BCUT2D eigenvalue weighted by Crippen LogP contribution is 2.35. The highest BCUT2D eigenvalue weighted by atomic mass is 19.4. The summed E-state index contributed by atoms with van der Waals surface area (Å²) in [6.07, 6.45) is -1.57. The minimum atomic E-state index is -5.69. The van der Waals surface area contributed by atoms with E-state index >= 15 is 0 Å². The lowest BCUT2D eigenvalue weighted by Crippen LogP contribution is -2.67. The van der Waals surface area contributed by atoms with Crippen LogP contribution in [0, 0.1) is 0 Å². The smallest absolute Gasteiger partial charge is 0.456 e. The normalized spacial score (nSPS) is 11.9. The maximum absolute atomic E-state index is 12.7. The Morgan fingerprint density at radius 1 is 1.07 bits per heavy atom. The van der Waals surface area contributed by atoms with Crippen LogP contribution < -0.4 is 15.8 Å². The lowest BCUT2D eigenvalue weighted by molar-refractivity contribution is -0.458. The molecule has 0 saturated heterocycles. The minimum Gasteiger partial charge on any atom is -0.471 e. The number of aromatic nitrogens is 2. The third kappa shape index (κ3) is 9.59. The summed E-state index contributed by atoms with van der Waals surface area (Å²) < 4.78 is 65.9. The van der Waals surface area contributed by atoms with Crippen molar-refractivity contribution in [2.24, 2.45) is 0 Å². The average Bonchev–Trinajstić information content (AvgIpc) is 2.64. The first-order valence-electron chi connectivity index (χ1n) is 8.75. The third-order valence-corrected chi connectivity index (χ3v) is 3.01. The number of carbonyl (C=O) groups is 1. The molecule has 0 spiro atoms. The SMILES string of the molecule is CC(C)(C)[NH3+].O=C(NCc1ccc(OCC(F)(F)C(F)(F)F)nc1)c1ccncc1. The molecule has 0 radical (unpaired) electrons. The Hall–Kier alpha value is -2.82. The van der Waals surface area contributed by atoms with Crippen LogP contribution in [0.4, 0.5) is 22.0 Å². The summed E-state index contributed by atoms with van der Waals surface area (Å²) in [7, 11) is 0. The number of nitrogens with one attached hydrogen (secondary N) is 1. The van der Waals surface area contributed by atoms with Gasteiger partial charge in [-0.2, -0.15) is 22.0 Å². The Bertz CT molecular complexity index is 785. The van der Waals surface area contributed by atoms with E-state index in [1.54, 1.807) is 0 Å². The van der Waals surface area contributed by atoms with Crippen LogP contribution in [0.5, 0.6) is 5.88 Å². The number of quaternary nitrogens is 1. The molecule has 0 aromatic carbocycles. The van der Waals surface area contributed by atoms with Gasteiger partial charge in [0.05, 0.1) is 5.54 Å². The summed E-state index contributed by atoms with van der Waals surface area (Å²) in [5.74, 6) is -5.70. The lowest BCUT2D eigenvalue weighted by Gasteiger charge is -2.19. The van der Waals surface area contributed by atoms with E-state index in [9.17, 15) is 26.7 Å². The van der Waals surface area contributed by atoms with Crippen molar-refractivity contribution in [3.05, 3.63) is 54.0 Å². The van der Waals surface area contributed by atoms with Crippen molar-refractivity contribution in [3.63, 3.8) is 0 Å². The Morgan fingerprint density at radius 3 is 2.10 bits per heavy atom. The van der Waals surface area contributed by atoms with Gasteiger partial charge < -0.3 is 15.8 Å². The molecule has 6 nitrogen and oxygen atoms in total. The number of alkyl halides is 5. The second kappa shape index (κ2) is 10.3. The summed E-state index contributed by atoms with van der Waals surface area (Å²) >= 11 is 0. The van der Waals surface area contributed by atoms with E-state index in [2.05, 4.69) is 46.5 Å². The number of amides is 1. The van der Waals surface area contributed by atoms with Crippen LogP contribution in [0.25, 0.3) is 0 Å². The summed E-state index contributed by atoms with van der Waals surface area (Å²) in [6.45, 7) is 4.46. The van der Waals surface area contributed by atoms with E-state index < -0.39 is 18.7 Å². The van der Waals surface area contributed by atoms with Gasteiger partial charge in [-0.3, -0.25) is 9.78 Å². The van der Waals surface area contributed by atoms with E-state index in [0.717, 1.165) is 6.07 Å². The number of halogens is 5. The summed E-state index contributed by atoms with van der Waals surface area (Å²) in [6, 6.07) is 5.57. The Kier molecular flexibility index (Phi) is 8.64. The molecule has 2 heterocycles. The van der Waals surface area contributed by atoms with Crippen LogP contribution in [-0.4, -0.2) is 40.1 Å². The molecule has 1 amide bonds. The molecule has 166 valence electrons. The van der Waals surface area contributed by atoms with Gasteiger partial charge in [-0.25, -0.2) is 4.98 Å². The van der Waals surface area contributed by atoms with Gasteiger partial charge in [-0.1, -0.05) is 6.07 Å².